The van der Waals surface area contributed by atoms with Crippen LogP contribution in [-0.2, 0) is 0 Å². The molecular weight excluding hydrogens is 148 g/mol. The molecule has 0 unspecified atom stereocenters. The van der Waals surface area contributed by atoms with Crippen molar-refractivity contribution in [2.24, 2.45) is 22.0 Å². The van der Waals surface area contributed by atoms with Gasteiger partial charge in [-0.1, -0.05) is 12.8 Å². The van der Waals surface area contributed by atoms with Crippen molar-refractivity contribution in [2.45, 2.75) is 38.5 Å². The molecule has 66 valence electrons. The Morgan fingerprint density at radius 1 is 0.750 bits per heavy atom. The molecule has 0 heterocycles. The first-order chi connectivity index (χ1) is 5.95. The first kappa shape index (κ1) is 7.96. The van der Waals surface area contributed by atoms with Gasteiger partial charge in [0.25, 0.3) is 0 Å². The van der Waals surface area contributed by atoms with E-state index in [1.165, 1.54) is 38.5 Å². The fraction of sp³-hybridized carbons (Fsp3) is 0.800. The summed E-state index contributed by atoms with van der Waals surface area (Å²) in [5, 5.41) is 8.12. The third kappa shape index (κ3) is 1.93. The summed E-state index contributed by atoms with van der Waals surface area (Å²) in [6.07, 6.45) is 12.1. The van der Waals surface area contributed by atoms with Crippen molar-refractivity contribution in [3.8, 4) is 0 Å². The zero-order valence-electron chi connectivity index (χ0n) is 7.45. The molecule has 2 rings (SSSR count). The zero-order valence-corrected chi connectivity index (χ0v) is 7.45. The van der Waals surface area contributed by atoms with Crippen LogP contribution in [0.5, 0.6) is 0 Å². The van der Waals surface area contributed by atoms with Gasteiger partial charge in [0, 0.05) is 12.4 Å². The van der Waals surface area contributed by atoms with Crippen LogP contribution in [0.15, 0.2) is 10.2 Å². The van der Waals surface area contributed by atoms with Crippen molar-refractivity contribution < 1.29 is 0 Å². The molecule has 0 saturated heterocycles. The highest BCUT2D eigenvalue weighted by Crippen LogP contribution is 2.25. The lowest BCUT2D eigenvalue weighted by Gasteiger charge is -2.20. The van der Waals surface area contributed by atoms with Gasteiger partial charge in [-0.05, 0) is 37.5 Å². The Kier molecular flexibility index (Phi) is 2.54. The van der Waals surface area contributed by atoms with Crippen LogP contribution < -0.4 is 0 Å². The van der Waals surface area contributed by atoms with Crippen LogP contribution >= 0.6 is 0 Å². The number of rotatable bonds is 3. The molecule has 2 heteroatoms. The Labute approximate surface area is 73.8 Å². The molecule has 0 amide bonds. The summed E-state index contributed by atoms with van der Waals surface area (Å²) in [5.41, 5.74) is 0. The largest absolute Gasteiger partial charge is 0.164 e. The third-order valence-corrected chi connectivity index (χ3v) is 2.92. The summed E-state index contributed by atoms with van der Waals surface area (Å²) in [7, 11) is 0. The smallest absolute Gasteiger partial charge is 0.0301 e. The van der Waals surface area contributed by atoms with Gasteiger partial charge >= 0.3 is 0 Å². The van der Waals surface area contributed by atoms with Crippen LogP contribution in [-0.4, -0.2) is 12.4 Å². The maximum atomic E-state index is 4.06. The lowest BCUT2D eigenvalue weighted by molar-refractivity contribution is 0.417. The molecule has 2 aliphatic rings. The van der Waals surface area contributed by atoms with E-state index in [2.05, 4.69) is 10.2 Å². The molecule has 0 N–H and O–H groups in total. The van der Waals surface area contributed by atoms with Gasteiger partial charge in [0.15, 0.2) is 0 Å². The average Bonchev–Trinajstić information content (AvgIpc) is 1.88. The van der Waals surface area contributed by atoms with Crippen molar-refractivity contribution in [2.75, 3.05) is 0 Å². The molecule has 0 aromatic rings. The highest BCUT2D eigenvalue weighted by molar-refractivity contribution is 5.65. The molecule has 0 aromatic carbocycles. The third-order valence-electron chi connectivity index (χ3n) is 2.92. The van der Waals surface area contributed by atoms with Crippen LogP contribution in [0, 0.1) is 11.8 Å². The lowest BCUT2D eigenvalue weighted by Crippen LogP contribution is -2.12. The van der Waals surface area contributed by atoms with Gasteiger partial charge in [0.2, 0.25) is 0 Å². The van der Waals surface area contributed by atoms with Crippen LogP contribution in [0.2, 0.25) is 0 Å². The van der Waals surface area contributed by atoms with E-state index in [4.69, 9.17) is 0 Å². The maximum Gasteiger partial charge on any atom is 0.0301 e. The van der Waals surface area contributed by atoms with Gasteiger partial charge in [-0.3, -0.25) is 0 Å². The second-order valence-corrected chi connectivity index (χ2v) is 3.91. The number of hydrogen-bond donors (Lipinski definition) is 0. The first-order valence-electron chi connectivity index (χ1n) is 5.02. The van der Waals surface area contributed by atoms with Crippen molar-refractivity contribution in [1.82, 2.24) is 0 Å². The highest BCUT2D eigenvalue weighted by Gasteiger charge is 2.15. The minimum atomic E-state index is 0.739. The normalized spacial score (nSPS) is 26.3. The highest BCUT2D eigenvalue weighted by atomic mass is 15.2. The summed E-state index contributed by atoms with van der Waals surface area (Å²) in [5.74, 6) is 1.48. The van der Waals surface area contributed by atoms with Crippen molar-refractivity contribution in [1.29, 1.82) is 0 Å². The molecular formula is C10H16N2. The molecule has 0 aromatic heterocycles. The molecule has 2 saturated carbocycles. The quantitative estimate of drug-likeness (QED) is 0.452. The van der Waals surface area contributed by atoms with Crippen molar-refractivity contribution in [3.63, 3.8) is 0 Å². The van der Waals surface area contributed by atoms with Gasteiger partial charge in [0.05, 0.1) is 0 Å². The Bertz CT molecular complexity index is 166. The van der Waals surface area contributed by atoms with Gasteiger partial charge in [0.1, 0.15) is 0 Å². The van der Waals surface area contributed by atoms with E-state index in [0.717, 1.165) is 11.8 Å². The molecule has 0 radical (unpaired) electrons. The minimum Gasteiger partial charge on any atom is -0.164 e. The Balaban J connectivity index is 1.65. The molecule has 0 aliphatic heterocycles. The molecule has 0 bridgehead atoms. The fourth-order valence-corrected chi connectivity index (χ4v) is 1.44. The van der Waals surface area contributed by atoms with E-state index < -0.39 is 0 Å². The van der Waals surface area contributed by atoms with E-state index in [1.54, 1.807) is 0 Å². The van der Waals surface area contributed by atoms with E-state index in [0.29, 0.717) is 0 Å². The predicted octanol–water partition coefficient (Wildman–Crippen LogP) is 2.64. The maximum absolute atomic E-state index is 4.06. The van der Waals surface area contributed by atoms with Crippen molar-refractivity contribution in [3.05, 3.63) is 0 Å². The number of hydrogen-bond acceptors (Lipinski definition) is 2. The molecule has 12 heavy (non-hydrogen) atoms. The van der Waals surface area contributed by atoms with E-state index in [-0.39, 0.29) is 0 Å². The second-order valence-electron chi connectivity index (χ2n) is 3.91. The number of nitrogens with zero attached hydrogens (tertiary/aromatic N) is 2. The van der Waals surface area contributed by atoms with E-state index in [9.17, 15) is 0 Å². The summed E-state index contributed by atoms with van der Waals surface area (Å²) >= 11 is 0. The fourth-order valence-electron chi connectivity index (χ4n) is 1.44. The molecule has 2 nitrogen and oxygen atoms in total. The minimum absolute atomic E-state index is 0.739. The SMILES string of the molecule is C(=NN=CC1CCC1)C1CCC1. The van der Waals surface area contributed by atoms with E-state index >= 15 is 0 Å². The summed E-state index contributed by atoms with van der Waals surface area (Å²) in [4.78, 5) is 0. The Morgan fingerprint density at radius 3 is 1.42 bits per heavy atom. The first-order valence-corrected chi connectivity index (χ1v) is 5.02. The summed E-state index contributed by atoms with van der Waals surface area (Å²) in [6.45, 7) is 0. The van der Waals surface area contributed by atoms with Gasteiger partial charge in [-0.2, -0.15) is 10.2 Å². The van der Waals surface area contributed by atoms with Crippen LogP contribution in [0.3, 0.4) is 0 Å². The molecule has 2 aliphatic carbocycles. The zero-order chi connectivity index (χ0) is 8.23. The second kappa shape index (κ2) is 3.83. The van der Waals surface area contributed by atoms with Crippen LogP contribution in [0.25, 0.3) is 0 Å². The monoisotopic (exact) mass is 164 g/mol. The van der Waals surface area contributed by atoms with E-state index in [1.807, 2.05) is 12.4 Å². The Hall–Kier alpha value is -0.660. The molecule has 0 atom stereocenters. The predicted molar refractivity (Wildman–Crippen MR) is 51.7 cm³/mol. The summed E-state index contributed by atoms with van der Waals surface area (Å²) < 4.78 is 0. The summed E-state index contributed by atoms with van der Waals surface area (Å²) in [6, 6.07) is 0. The van der Waals surface area contributed by atoms with Gasteiger partial charge < -0.3 is 0 Å². The van der Waals surface area contributed by atoms with Gasteiger partial charge in [-0.15, -0.1) is 0 Å². The Morgan fingerprint density at radius 2 is 1.17 bits per heavy atom. The van der Waals surface area contributed by atoms with Gasteiger partial charge in [-0.25, -0.2) is 0 Å². The lowest BCUT2D eigenvalue weighted by atomic mass is 9.86. The standard InChI is InChI=1S/C10H16N2/c1-3-9(4-1)7-11-12-8-10-5-2-6-10/h7-10H,1-6H2. The van der Waals surface area contributed by atoms with Crippen LogP contribution in [0.4, 0.5) is 0 Å². The topological polar surface area (TPSA) is 24.7 Å². The molecule has 2 fully saturated rings. The average molecular weight is 164 g/mol. The van der Waals surface area contributed by atoms with Crippen LogP contribution in [0.1, 0.15) is 38.5 Å². The van der Waals surface area contributed by atoms with Crippen molar-refractivity contribution >= 4 is 12.4 Å². The molecule has 0 spiro atoms.